The van der Waals surface area contributed by atoms with Crippen molar-refractivity contribution in [3.63, 3.8) is 0 Å². The zero-order chi connectivity index (χ0) is 26.3. The van der Waals surface area contributed by atoms with Crippen molar-refractivity contribution >= 4 is 35.3 Å². The SMILES string of the molecule is CCC1CN(c2ccc(Nc3ncc4c(n3)N3C(C=C4)C(=O)NCC34CCCCC4)nc2)CCN1C(C)C. The molecule has 0 aromatic carbocycles. The van der Waals surface area contributed by atoms with E-state index in [1.807, 2.05) is 30.6 Å². The van der Waals surface area contributed by atoms with Crippen molar-refractivity contribution in [2.75, 3.05) is 41.3 Å². The van der Waals surface area contributed by atoms with Crippen LogP contribution in [0.1, 0.15) is 64.9 Å². The van der Waals surface area contributed by atoms with E-state index in [1.165, 1.54) is 19.3 Å². The van der Waals surface area contributed by atoms with Gasteiger partial charge in [0.25, 0.3) is 0 Å². The monoisotopic (exact) mass is 516 g/mol. The second-order valence-electron chi connectivity index (χ2n) is 11.5. The van der Waals surface area contributed by atoms with Crippen LogP contribution in [0.4, 0.5) is 23.3 Å². The van der Waals surface area contributed by atoms with Gasteiger partial charge < -0.3 is 20.4 Å². The molecule has 2 aromatic rings. The minimum Gasteiger partial charge on any atom is -0.367 e. The molecule has 2 unspecified atom stereocenters. The van der Waals surface area contributed by atoms with Crippen molar-refractivity contribution in [3.05, 3.63) is 36.2 Å². The summed E-state index contributed by atoms with van der Waals surface area (Å²) in [6.45, 7) is 10.6. The van der Waals surface area contributed by atoms with Gasteiger partial charge in [0.1, 0.15) is 17.7 Å². The molecule has 202 valence electrons. The Bertz CT molecular complexity index is 1190. The first-order valence-electron chi connectivity index (χ1n) is 14.3. The van der Waals surface area contributed by atoms with Gasteiger partial charge >= 0.3 is 0 Å². The summed E-state index contributed by atoms with van der Waals surface area (Å²) in [5, 5.41) is 6.48. The maximum absolute atomic E-state index is 12.8. The Morgan fingerprint density at radius 2 is 1.97 bits per heavy atom. The van der Waals surface area contributed by atoms with Gasteiger partial charge in [-0.3, -0.25) is 9.69 Å². The average Bonchev–Trinajstić information content (AvgIpc) is 2.95. The fourth-order valence-corrected chi connectivity index (χ4v) is 6.87. The van der Waals surface area contributed by atoms with E-state index in [4.69, 9.17) is 9.97 Å². The number of amides is 1. The smallest absolute Gasteiger partial charge is 0.246 e. The van der Waals surface area contributed by atoms with E-state index >= 15 is 0 Å². The Kier molecular flexibility index (Phi) is 6.72. The van der Waals surface area contributed by atoms with Gasteiger partial charge in [0.2, 0.25) is 11.9 Å². The van der Waals surface area contributed by atoms with Crippen LogP contribution < -0.4 is 20.4 Å². The minimum absolute atomic E-state index is 0.0491. The zero-order valence-corrected chi connectivity index (χ0v) is 22.9. The van der Waals surface area contributed by atoms with Crippen LogP contribution in [0, 0.1) is 0 Å². The van der Waals surface area contributed by atoms with Crippen molar-refractivity contribution in [2.24, 2.45) is 0 Å². The molecule has 1 spiro atoms. The number of aromatic nitrogens is 3. The quantitative estimate of drug-likeness (QED) is 0.617. The predicted octanol–water partition coefficient (Wildman–Crippen LogP) is 3.96. The van der Waals surface area contributed by atoms with E-state index < -0.39 is 0 Å². The van der Waals surface area contributed by atoms with E-state index in [2.05, 4.69) is 57.2 Å². The molecule has 1 saturated carbocycles. The predicted molar refractivity (Wildman–Crippen MR) is 152 cm³/mol. The van der Waals surface area contributed by atoms with Crippen LogP contribution in [0.3, 0.4) is 0 Å². The molecule has 4 aliphatic rings. The summed E-state index contributed by atoms with van der Waals surface area (Å²) >= 11 is 0. The Hall–Kier alpha value is -3.20. The molecule has 5 heterocycles. The highest BCUT2D eigenvalue weighted by molar-refractivity contribution is 5.93. The molecule has 6 rings (SSSR count). The van der Waals surface area contributed by atoms with Gasteiger partial charge in [-0.25, -0.2) is 9.97 Å². The lowest BCUT2D eigenvalue weighted by Gasteiger charge is -2.54. The van der Waals surface area contributed by atoms with Crippen molar-refractivity contribution in [2.45, 2.75) is 83.0 Å². The normalized spacial score (nSPS) is 24.8. The molecule has 2 saturated heterocycles. The first-order chi connectivity index (χ1) is 18.5. The van der Waals surface area contributed by atoms with Crippen molar-refractivity contribution in [1.29, 1.82) is 0 Å². The number of nitrogens with zero attached hydrogens (tertiary/aromatic N) is 6. The fourth-order valence-electron chi connectivity index (χ4n) is 6.87. The molecular weight excluding hydrogens is 476 g/mol. The maximum atomic E-state index is 12.8. The van der Waals surface area contributed by atoms with Gasteiger partial charge in [-0.05, 0) is 45.2 Å². The lowest BCUT2D eigenvalue weighted by Crippen LogP contribution is -2.69. The van der Waals surface area contributed by atoms with E-state index in [1.54, 1.807) is 0 Å². The molecule has 1 amide bonds. The summed E-state index contributed by atoms with van der Waals surface area (Å²) in [5.74, 6) is 2.12. The largest absolute Gasteiger partial charge is 0.367 e. The summed E-state index contributed by atoms with van der Waals surface area (Å²) in [5.41, 5.74) is 2.02. The van der Waals surface area contributed by atoms with Crippen LogP contribution >= 0.6 is 0 Å². The van der Waals surface area contributed by atoms with Gasteiger partial charge in [-0.1, -0.05) is 38.3 Å². The third-order valence-corrected chi connectivity index (χ3v) is 8.93. The third kappa shape index (κ3) is 4.51. The molecule has 3 aliphatic heterocycles. The van der Waals surface area contributed by atoms with E-state index in [9.17, 15) is 4.79 Å². The van der Waals surface area contributed by atoms with Gasteiger partial charge in [-0.2, -0.15) is 4.98 Å². The fraction of sp³-hybridized carbons (Fsp3) is 0.586. The van der Waals surface area contributed by atoms with Gasteiger partial charge in [0.15, 0.2) is 0 Å². The minimum atomic E-state index is -0.322. The highest BCUT2D eigenvalue weighted by atomic mass is 16.2. The Morgan fingerprint density at radius 3 is 2.71 bits per heavy atom. The van der Waals surface area contributed by atoms with Crippen LogP contribution in [-0.2, 0) is 4.79 Å². The molecule has 2 aromatic heterocycles. The molecule has 1 aliphatic carbocycles. The number of fused-ring (bicyclic) bond motifs is 4. The van der Waals surface area contributed by atoms with Gasteiger partial charge in [-0.15, -0.1) is 0 Å². The Morgan fingerprint density at radius 1 is 1.13 bits per heavy atom. The molecule has 3 fully saturated rings. The Balaban J connectivity index is 1.21. The number of piperazine rings is 2. The first-order valence-corrected chi connectivity index (χ1v) is 14.3. The number of rotatable bonds is 5. The highest BCUT2D eigenvalue weighted by Crippen LogP contribution is 2.43. The highest BCUT2D eigenvalue weighted by Gasteiger charge is 2.49. The lowest BCUT2D eigenvalue weighted by atomic mass is 9.77. The number of anilines is 4. The molecule has 2 N–H and O–H groups in total. The number of hydrogen-bond acceptors (Lipinski definition) is 8. The molecule has 9 nitrogen and oxygen atoms in total. The summed E-state index contributed by atoms with van der Waals surface area (Å²) in [6.07, 6.45) is 14.7. The van der Waals surface area contributed by atoms with Crippen LogP contribution in [-0.4, -0.2) is 75.6 Å². The average molecular weight is 517 g/mol. The number of carbonyl (C=O) groups excluding carboxylic acids is 1. The lowest BCUT2D eigenvalue weighted by molar-refractivity contribution is -0.123. The number of hydrogen-bond donors (Lipinski definition) is 2. The summed E-state index contributed by atoms with van der Waals surface area (Å²) in [4.78, 5) is 34.4. The van der Waals surface area contributed by atoms with Crippen molar-refractivity contribution in [3.8, 4) is 0 Å². The second-order valence-corrected chi connectivity index (χ2v) is 11.5. The molecule has 0 radical (unpaired) electrons. The van der Waals surface area contributed by atoms with Crippen molar-refractivity contribution in [1.82, 2.24) is 25.2 Å². The summed E-state index contributed by atoms with van der Waals surface area (Å²) < 4.78 is 0. The maximum Gasteiger partial charge on any atom is 0.246 e. The van der Waals surface area contributed by atoms with Crippen LogP contribution in [0.15, 0.2) is 30.6 Å². The first kappa shape index (κ1) is 25.1. The standard InChI is InChI=1S/C29H40N8O/c1-4-22-18-35(14-15-36(22)20(2)3)23-9-11-25(30-17-23)33-28-31-16-21-8-10-24-27(38)32-19-29(12-6-5-7-13-29)37(24)26(21)34-28/h8-11,16-17,20,22,24H,4-7,12-15,18-19H2,1-3H3,(H,32,38)(H,30,31,33,34). The molecule has 38 heavy (non-hydrogen) atoms. The van der Waals surface area contributed by atoms with E-state index in [-0.39, 0.29) is 17.5 Å². The third-order valence-electron chi connectivity index (χ3n) is 8.93. The number of carbonyl (C=O) groups is 1. The van der Waals surface area contributed by atoms with Crippen LogP contribution in [0.2, 0.25) is 0 Å². The second kappa shape index (κ2) is 10.2. The van der Waals surface area contributed by atoms with Gasteiger partial charge in [0, 0.05) is 50.0 Å². The Labute approximate surface area is 225 Å². The van der Waals surface area contributed by atoms with E-state index in [0.717, 1.165) is 56.0 Å². The van der Waals surface area contributed by atoms with Gasteiger partial charge in [0.05, 0.1) is 17.4 Å². The summed E-state index contributed by atoms with van der Waals surface area (Å²) in [7, 11) is 0. The molecule has 2 atom stereocenters. The molecular formula is C29H40N8O. The summed E-state index contributed by atoms with van der Waals surface area (Å²) in [6, 6.07) is 4.95. The number of nitrogens with one attached hydrogen (secondary N) is 2. The zero-order valence-electron chi connectivity index (χ0n) is 22.9. The van der Waals surface area contributed by atoms with E-state index in [0.29, 0.717) is 30.4 Å². The molecule has 9 heteroatoms. The molecule has 0 bridgehead atoms. The van der Waals surface area contributed by atoms with Crippen LogP contribution in [0.5, 0.6) is 0 Å². The van der Waals surface area contributed by atoms with Crippen molar-refractivity contribution < 1.29 is 4.79 Å². The van der Waals surface area contributed by atoms with Crippen LogP contribution in [0.25, 0.3) is 6.08 Å². The topological polar surface area (TPSA) is 89.5 Å². The number of pyridine rings is 1.